The molecular weight excluding hydrogens is 395 g/mol. The van der Waals surface area contributed by atoms with Crippen LogP contribution in [0, 0.1) is 10.5 Å². The van der Waals surface area contributed by atoms with Crippen LogP contribution in [0.15, 0.2) is 34.0 Å². The van der Waals surface area contributed by atoms with E-state index >= 15 is 0 Å². The van der Waals surface area contributed by atoms with Gasteiger partial charge in [0.15, 0.2) is 0 Å². The maximum atomic E-state index is 12.1. The molecule has 112 valence electrons. The summed E-state index contributed by atoms with van der Waals surface area (Å²) in [5.74, 6) is 1.40. The molecule has 0 aliphatic carbocycles. The Bertz CT molecular complexity index is 704. The van der Waals surface area contributed by atoms with E-state index in [0.29, 0.717) is 9.32 Å². The minimum atomic E-state index is -0.131. The number of aromatic nitrogens is 2. The average molecular weight is 414 g/mol. The van der Waals surface area contributed by atoms with Crippen molar-refractivity contribution >= 4 is 34.4 Å². The summed E-state index contributed by atoms with van der Waals surface area (Å²) in [4.78, 5) is 20.8. The first-order valence-corrected chi connectivity index (χ1v) is 8.82. The highest BCUT2D eigenvalue weighted by Crippen LogP contribution is 2.25. The maximum absolute atomic E-state index is 12.1. The molecule has 3 nitrogen and oxygen atoms in total. The van der Waals surface area contributed by atoms with Crippen LogP contribution in [0.3, 0.4) is 0 Å². The van der Waals surface area contributed by atoms with E-state index < -0.39 is 0 Å². The molecule has 5 heteroatoms. The second kappa shape index (κ2) is 6.52. The molecule has 1 aromatic carbocycles. The zero-order valence-electron chi connectivity index (χ0n) is 12.7. The summed E-state index contributed by atoms with van der Waals surface area (Å²) in [6.45, 7) is 8.31. The first-order valence-electron chi connectivity index (χ1n) is 6.76. The van der Waals surface area contributed by atoms with Gasteiger partial charge in [0.05, 0.1) is 11.4 Å². The SMILES string of the molecule is Cc1cccc(SCc2nc(C(C)(C)C)c(I)c(=O)[nH]2)c1. The quantitative estimate of drug-likeness (QED) is 0.603. The van der Waals surface area contributed by atoms with Gasteiger partial charge in [0, 0.05) is 10.3 Å². The topological polar surface area (TPSA) is 45.8 Å². The fraction of sp³-hybridized carbons (Fsp3) is 0.375. The van der Waals surface area contributed by atoms with Gasteiger partial charge in [-0.15, -0.1) is 11.8 Å². The number of thioether (sulfide) groups is 1. The highest BCUT2D eigenvalue weighted by Gasteiger charge is 2.21. The average Bonchev–Trinajstić information content (AvgIpc) is 2.38. The summed E-state index contributed by atoms with van der Waals surface area (Å²) in [5.41, 5.74) is 1.93. The molecule has 0 unspecified atom stereocenters. The lowest BCUT2D eigenvalue weighted by Crippen LogP contribution is -2.25. The van der Waals surface area contributed by atoms with E-state index in [9.17, 15) is 4.79 Å². The van der Waals surface area contributed by atoms with E-state index in [1.807, 2.05) is 6.07 Å². The van der Waals surface area contributed by atoms with Gasteiger partial charge in [0.1, 0.15) is 9.39 Å². The van der Waals surface area contributed by atoms with Gasteiger partial charge in [-0.3, -0.25) is 4.79 Å². The van der Waals surface area contributed by atoms with Crippen molar-refractivity contribution in [1.29, 1.82) is 0 Å². The highest BCUT2D eigenvalue weighted by atomic mass is 127. The first-order chi connectivity index (χ1) is 9.77. The molecule has 0 saturated heterocycles. The Morgan fingerprint density at radius 2 is 2.05 bits per heavy atom. The van der Waals surface area contributed by atoms with E-state index in [0.717, 1.165) is 11.5 Å². The minimum Gasteiger partial charge on any atom is -0.309 e. The first kappa shape index (κ1) is 16.5. The van der Waals surface area contributed by atoms with Crippen molar-refractivity contribution in [2.75, 3.05) is 0 Å². The van der Waals surface area contributed by atoms with Crippen molar-refractivity contribution in [3.05, 3.63) is 55.3 Å². The summed E-state index contributed by atoms with van der Waals surface area (Å²) in [7, 11) is 0. The zero-order chi connectivity index (χ0) is 15.6. The van der Waals surface area contributed by atoms with Crippen molar-refractivity contribution in [2.24, 2.45) is 0 Å². The zero-order valence-corrected chi connectivity index (χ0v) is 15.6. The fourth-order valence-corrected chi connectivity index (χ4v) is 3.88. The fourth-order valence-electron chi connectivity index (χ4n) is 1.93. The van der Waals surface area contributed by atoms with E-state index in [1.54, 1.807) is 11.8 Å². The van der Waals surface area contributed by atoms with Gasteiger partial charge in [-0.05, 0) is 41.6 Å². The van der Waals surface area contributed by atoms with Crippen LogP contribution in [0.2, 0.25) is 0 Å². The predicted octanol–water partition coefficient (Wildman–Crippen LogP) is 4.27. The van der Waals surface area contributed by atoms with E-state index in [4.69, 9.17) is 0 Å². The monoisotopic (exact) mass is 414 g/mol. The molecule has 2 aromatic rings. The molecule has 0 fully saturated rings. The van der Waals surface area contributed by atoms with Gasteiger partial charge in [-0.25, -0.2) is 4.98 Å². The van der Waals surface area contributed by atoms with Crippen molar-refractivity contribution in [2.45, 2.75) is 43.8 Å². The van der Waals surface area contributed by atoms with Gasteiger partial charge in [0.2, 0.25) is 0 Å². The van der Waals surface area contributed by atoms with E-state index in [-0.39, 0.29) is 11.0 Å². The van der Waals surface area contributed by atoms with Gasteiger partial charge in [-0.1, -0.05) is 38.5 Å². The number of hydrogen-bond acceptors (Lipinski definition) is 3. The van der Waals surface area contributed by atoms with Gasteiger partial charge in [0.25, 0.3) is 5.56 Å². The standard InChI is InChI=1S/C16H19IN2OS/c1-10-6-5-7-11(8-10)21-9-12-18-14(16(2,3)4)13(17)15(20)19-12/h5-8H,9H2,1-4H3,(H,18,19,20). The van der Waals surface area contributed by atoms with E-state index in [2.05, 4.69) is 78.5 Å². The number of halogens is 1. The normalized spacial score (nSPS) is 11.7. The summed E-state index contributed by atoms with van der Waals surface area (Å²) < 4.78 is 0.685. The summed E-state index contributed by atoms with van der Waals surface area (Å²) in [5, 5.41) is 0. The third-order valence-electron chi connectivity index (χ3n) is 2.99. The molecule has 0 radical (unpaired) electrons. The third-order valence-corrected chi connectivity index (χ3v) is 4.99. The molecule has 1 heterocycles. The number of nitrogens with one attached hydrogen (secondary N) is 1. The van der Waals surface area contributed by atoms with Crippen molar-refractivity contribution in [3.8, 4) is 0 Å². The lowest BCUT2D eigenvalue weighted by Gasteiger charge is -2.19. The lowest BCUT2D eigenvalue weighted by atomic mass is 9.92. The molecule has 0 atom stereocenters. The van der Waals surface area contributed by atoms with Gasteiger partial charge >= 0.3 is 0 Å². The molecule has 0 aliphatic heterocycles. The second-order valence-corrected chi connectivity index (χ2v) is 8.16. The molecule has 0 amide bonds. The number of rotatable bonds is 3. The summed E-state index contributed by atoms with van der Waals surface area (Å²) in [6.07, 6.45) is 0. The van der Waals surface area contributed by atoms with Crippen LogP contribution in [0.4, 0.5) is 0 Å². The molecule has 21 heavy (non-hydrogen) atoms. The molecular formula is C16H19IN2OS. The Labute approximate surface area is 143 Å². The van der Waals surface area contributed by atoms with Crippen LogP contribution < -0.4 is 5.56 Å². The lowest BCUT2D eigenvalue weighted by molar-refractivity contribution is 0.557. The highest BCUT2D eigenvalue weighted by molar-refractivity contribution is 14.1. The van der Waals surface area contributed by atoms with E-state index in [1.165, 1.54) is 10.5 Å². The Balaban J connectivity index is 2.25. The Morgan fingerprint density at radius 1 is 1.33 bits per heavy atom. The van der Waals surface area contributed by atoms with Crippen LogP contribution in [0.1, 0.15) is 37.9 Å². The van der Waals surface area contributed by atoms with Crippen LogP contribution in [-0.4, -0.2) is 9.97 Å². The number of H-pyrrole nitrogens is 1. The molecule has 0 bridgehead atoms. The molecule has 0 saturated carbocycles. The van der Waals surface area contributed by atoms with Crippen LogP contribution in [0.5, 0.6) is 0 Å². The Hall–Kier alpha value is -0.820. The molecule has 0 aliphatic rings. The van der Waals surface area contributed by atoms with Crippen LogP contribution in [-0.2, 0) is 11.2 Å². The number of hydrogen-bond donors (Lipinski definition) is 1. The smallest absolute Gasteiger partial charge is 0.264 e. The van der Waals surface area contributed by atoms with Crippen LogP contribution >= 0.6 is 34.4 Å². The maximum Gasteiger partial charge on any atom is 0.264 e. The van der Waals surface area contributed by atoms with Gasteiger partial charge in [-0.2, -0.15) is 0 Å². The number of nitrogens with zero attached hydrogens (tertiary/aromatic N) is 1. The summed E-state index contributed by atoms with van der Waals surface area (Å²) >= 11 is 3.76. The molecule has 1 aromatic heterocycles. The molecule has 0 spiro atoms. The van der Waals surface area contributed by atoms with Gasteiger partial charge < -0.3 is 4.98 Å². The van der Waals surface area contributed by atoms with Crippen LogP contribution in [0.25, 0.3) is 0 Å². The number of benzene rings is 1. The Kier molecular flexibility index (Phi) is 5.14. The van der Waals surface area contributed by atoms with Crippen molar-refractivity contribution in [3.63, 3.8) is 0 Å². The molecule has 1 N–H and O–H groups in total. The largest absolute Gasteiger partial charge is 0.309 e. The van der Waals surface area contributed by atoms with Crippen molar-refractivity contribution in [1.82, 2.24) is 9.97 Å². The third kappa shape index (κ3) is 4.32. The van der Waals surface area contributed by atoms with Crippen molar-refractivity contribution < 1.29 is 0 Å². The molecule has 2 rings (SSSR count). The Morgan fingerprint density at radius 3 is 2.67 bits per heavy atom. The predicted molar refractivity (Wildman–Crippen MR) is 97.0 cm³/mol. The second-order valence-electron chi connectivity index (χ2n) is 6.03. The minimum absolute atomic E-state index is 0.0460. The number of aromatic amines is 1. The summed E-state index contributed by atoms with van der Waals surface area (Å²) in [6, 6.07) is 8.34. The number of aryl methyl sites for hydroxylation is 1.